The summed E-state index contributed by atoms with van der Waals surface area (Å²) in [6.45, 7) is 9.04. The van der Waals surface area contributed by atoms with Crippen LogP contribution in [-0.2, 0) is 24.2 Å². The fourth-order valence-electron chi connectivity index (χ4n) is 7.31. The Morgan fingerprint density at radius 3 is 1.90 bits per heavy atom. The van der Waals surface area contributed by atoms with Crippen LogP contribution in [0.4, 0.5) is 15.8 Å². The van der Waals surface area contributed by atoms with Gasteiger partial charge in [-0.3, -0.25) is 0 Å². The van der Waals surface area contributed by atoms with E-state index in [2.05, 4.69) is 70.2 Å². The van der Waals surface area contributed by atoms with Crippen molar-refractivity contribution >= 4 is 56.8 Å². The summed E-state index contributed by atoms with van der Waals surface area (Å²) >= 11 is 4.18. The molecular weight excluding hydrogens is 688 g/mol. The molecule has 51 heavy (non-hydrogen) atoms. The lowest BCUT2D eigenvalue weighted by molar-refractivity contribution is 0.442. The predicted molar refractivity (Wildman–Crippen MR) is 218 cm³/mol. The molecule has 8 heteroatoms. The van der Waals surface area contributed by atoms with E-state index in [1.165, 1.54) is 77.6 Å². The number of nitrogens with zero attached hydrogens (tertiary/aromatic N) is 4. The van der Waals surface area contributed by atoms with Crippen LogP contribution in [0, 0.1) is 17.7 Å². The lowest BCUT2D eigenvalue weighted by Crippen LogP contribution is -2.04. The van der Waals surface area contributed by atoms with Gasteiger partial charge < -0.3 is 0 Å². The molecule has 1 aliphatic heterocycles. The summed E-state index contributed by atoms with van der Waals surface area (Å²) in [4.78, 5) is 2.32. The standard InChI is InChI=1S/C43H45FN4S3/c1-5-9-10-11-28(8-4)25-30-14-21-34(35(44)26-30)31-17-19-33(20-18-31)38-40-42(47-50-45-40)39(43-41(38)46-51-48-43)37-23-22-36(49-37)32-15-12-29(13-16-32)24-27(6-2)7-3/h12-23,26-28H,5-11,24-25H2,1-4H3. The van der Waals surface area contributed by atoms with E-state index in [1.54, 1.807) is 17.4 Å². The molecule has 0 spiro atoms. The van der Waals surface area contributed by atoms with Crippen LogP contribution in [0.5, 0.6) is 0 Å². The van der Waals surface area contributed by atoms with Crippen LogP contribution in [0.2, 0.25) is 0 Å². The second-order valence-electron chi connectivity index (χ2n) is 13.8. The van der Waals surface area contributed by atoms with Crippen molar-refractivity contribution in [3.63, 3.8) is 0 Å². The van der Waals surface area contributed by atoms with E-state index in [9.17, 15) is 0 Å². The van der Waals surface area contributed by atoms with E-state index in [1.807, 2.05) is 30.3 Å². The molecule has 0 amide bonds. The molecule has 2 aromatic heterocycles. The minimum absolute atomic E-state index is 0.168. The Balaban J connectivity index is 1.16. The highest BCUT2D eigenvalue weighted by Crippen LogP contribution is 2.53. The van der Waals surface area contributed by atoms with Crippen molar-refractivity contribution in [1.82, 2.24) is 8.75 Å². The number of benzene rings is 4. The van der Waals surface area contributed by atoms with E-state index in [0.717, 1.165) is 80.3 Å². The van der Waals surface area contributed by atoms with Crippen molar-refractivity contribution in [2.45, 2.75) is 85.5 Å². The van der Waals surface area contributed by atoms with Gasteiger partial charge in [-0.2, -0.15) is 17.5 Å². The second-order valence-corrected chi connectivity index (χ2v) is 15.9. The number of hydrogen-bond donors (Lipinski definition) is 0. The summed E-state index contributed by atoms with van der Waals surface area (Å²) in [5.74, 6) is 1.17. The van der Waals surface area contributed by atoms with Crippen LogP contribution in [0.3, 0.4) is 0 Å². The van der Waals surface area contributed by atoms with E-state index < -0.39 is 0 Å². The van der Waals surface area contributed by atoms with Gasteiger partial charge in [-0.15, -0.1) is 11.3 Å². The third kappa shape index (κ3) is 7.55. The number of thiophene rings is 1. The maximum atomic E-state index is 15.5. The number of unbranched alkanes of at least 4 members (excludes halogenated alkanes) is 2. The molecule has 1 aliphatic rings. The van der Waals surface area contributed by atoms with Crippen LogP contribution >= 0.6 is 23.1 Å². The quantitative estimate of drug-likeness (QED) is 0.0986. The summed E-state index contributed by atoms with van der Waals surface area (Å²) in [5, 5.41) is 0. The first-order valence-electron chi connectivity index (χ1n) is 18.5. The molecular formula is C43H45FN4S3. The van der Waals surface area contributed by atoms with Crippen molar-refractivity contribution in [2.75, 3.05) is 0 Å². The number of aromatic nitrogens is 2. The number of hydrogen-bond acceptors (Lipinski definition) is 6. The van der Waals surface area contributed by atoms with E-state index in [0.29, 0.717) is 11.5 Å². The molecule has 4 nitrogen and oxygen atoms in total. The molecule has 262 valence electrons. The first kappa shape index (κ1) is 35.5. The second kappa shape index (κ2) is 16.2. The Kier molecular flexibility index (Phi) is 11.3. The fraction of sp³-hybridized carbons (Fsp3) is 0.349. The van der Waals surface area contributed by atoms with Gasteiger partial charge in [0.25, 0.3) is 0 Å². The molecule has 1 atom stereocenters. The maximum Gasteiger partial charge on any atom is 0.131 e. The molecule has 0 saturated carbocycles. The average Bonchev–Trinajstić information content (AvgIpc) is 3.95. The average molecular weight is 733 g/mol. The van der Waals surface area contributed by atoms with Crippen LogP contribution < -0.4 is 0 Å². The zero-order chi connectivity index (χ0) is 35.3. The summed E-state index contributed by atoms with van der Waals surface area (Å²) in [7, 11) is 0. The molecule has 0 radical (unpaired) electrons. The normalized spacial score (nSPS) is 12.9. The first-order valence-corrected chi connectivity index (χ1v) is 20.8. The molecule has 6 aromatic rings. The topological polar surface area (TPSA) is 50.5 Å². The molecule has 3 heterocycles. The largest absolute Gasteiger partial charge is 0.206 e. The monoisotopic (exact) mass is 732 g/mol. The molecule has 0 fully saturated rings. The molecule has 0 saturated heterocycles. The minimum atomic E-state index is -0.168. The molecule has 4 aromatic carbocycles. The third-order valence-corrected chi connectivity index (χ3v) is 12.7. The smallest absolute Gasteiger partial charge is 0.131 e. The Morgan fingerprint density at radius 2 is 1.22 bits per heavy atom. The number of halogens is 1. The van der Waals surface area contributed by atoms with Crippen molar-refractivity contribution in [3.05, 3.63) is 95.8 Å². The Bertz CT molecular complexity index is 2190. The van der Waals surface area contributed by atoms with Gasteiger partial charge in [-0.05, 0) is 70.7 Å². The Hall–Kier alpha value is -3.85. The van der Waals surface area contributed by atoms with Gasteiger partial charge in [-0.1, -0.05) is 133 Å². The van der Waals surface area contributed by atoms with E-state index >= 15 is 4.39 Å². The SMILES string of the molecule is CCCCCC(CC)Cc1ccc(-c2ccc(-c3c4c(c(-c5ccc(-c6ccc(CC(CC)CC)cc6)s5)c5nsnc35)N=S=N4)cc2)c(F)c1. The van der Waals surface area contributed by atoms with Crippen LogP contribution in [-0.4, -0.2) is 8.75 Å². The lowest BCUT2D eigenvalue weighted by Gasteiger charge is -2.15. The highest BCUT2D eigenvalue weighted by molar-refractivity contribution is 7.58. The summed E-state index contributed by atoms with van der Waals surface area (Å²) in [5.41, 5.74) is 11.4. The van der Waals surface area contributed by atoms with Gasteiger partial charge >= 0.3 is 0 Å². The van der Waals surface area contributed by atoms with Crippen molar-refractivity contribution in [3.8, 4) is 43.1 Å². The highest BCUT2D eigenvalue weighted by Gasteiger charge is 2.27. The lowest BCUT2D eigenvalue weighted by atomic mass is 9.90. The first-order chi connectivity index (χ1) is 25.0. The van der Waals surface area contributed by atoms with E-state index in [4.69, 9.17) is 17.5 Å². The highest BCUT2D eigenvalue weighted by atomic mass is 32.1. The number of fused-ring (bicyclic) bond motifs is 2. The summed E-state index contributed by atoms with van der Waals surface area (Å²) in [6, 6.07) is 27.3. The van der Waals surface area contributed by atoms with E-state index in [-0.39, 0.29) is 5.82 Å². The molecule has 0 aliphatic carbocycles. The Labute approximate surface area is 313 Å². The van der Waals surface area contributed by atoms with Crippen LogP contribution in [0.1, 0.15) is 83.8 Å². The fourth-order valence-corrected chi connectivity index (χ4v) is 9.49. The summed E-state index contributed by atoms with van der Waals surface area (Å²) in [6.07, 6.45) is 10.6. The third-order valence-electron chi connectivity index (χ3n) is 10.5. The van der Waals surface area contributed by atoms with Gasteiger partial charge in [0.05, 0.1) is 23.1 Å². The zero-order valence-corrected chi connectivity index (χ0v) is 32.4. The number of rotatable bonds is 15. The summed E-state index contributed by atoms with van der Waals surface area (Å²) < 4.78 is 34.7. The van der Waals surface area contributed by atoms with Crippen molar-refractivity contribution in [2.24, 2.45) is 20.6 Å². The molecule has 7 rings (SSSR count). The van der Waals surface area contributed by atoms with Gasteiger partial charge in [0.15, 0.2) is 0 Å². The predicted octanol–water partition coefficient (Wildman–Crippen LogP) is 14.4. The van der Waals surface area contributed by atoms with Crippen molar-refractivity contribution in [1.29, 1.82) is 0 Å². The van der Waals surface area contributed by atoms with Gasteiger partial charge in [0.1, 0.15) is 28.2 Å². The minimum Gasteiger partial charge on any atom is -0.206 e. The van der Waals surface area contributed by atoms with Crippen LogP contribution in [0.25, 0.3) is 54.2 Å². The molecule has 0 bridgehead atoms. The van der Waals surface area contributed by atoms with Gasteiger partial charge in [0.2, 0.25) is 0 Å². The van der Waals surface area contributed by atoms with Gasteiger partial charge in [0, 0.05) is 26.4 Å². The zero-order valence-electron chi connectivity index (χ0n) is 29.9. The molecule has 1 unspecified atom stereocenters. The Morgan fingerprint density at radius 1 is 0.608 bits per heavy atom. The molecule has 0 N–H and O–H groups in total. The van der Waals surface area contributed by atoms with Crippen molar-refractivity contribution < 1.29 is 4.39 Å². The van der Waals surface area contributed by atoms with Gasteiger partial charge in [-0.25, -0.2) is 4.39 Å². The maximum absolute atomic E-state index is 15.5. The van der Waals surface area contributed by atoms with Crippen LogP contribution in [0.15, 0.2) is 87.6 Å².